The van der Waals surface area contributed by atoms with Crippen molar-refractivity contribution >= 4 is 49.9 Å². The second-order valence-corrected chi connectivity index (χ2v) is 9.30. The van der Waals surface area contributed by atoms with E-state index in [1.807, 2.05) is 31.2 Å². The van der Waals surface area contributed by atoms with E-state index in [4.69, 9.17) is 4.74 Å². The highest BCUT2D eigenvalue weighted by molar-refractivity contribution is 9.11. The van der Waals surface area contributed by atoms with Crippen LogP contribution in [-0.2, 0) is 17.9 Å². The van der Waals surface area contributed by atoms with Crippen LogP contribution in [0.15, 0.2) is 75.3 Å². The molecule has 1 saturated heterocycles. The van der Waals surface area contributed by atoms with Crippen LogP contribution < -0.4 is 10.1 Å². The Labute approximate surface area is 207 Å². The molecule has 1 heterocycles. The lowest BCUT2D eigenvalue weighted by atomic mass is 10.1. The minimum Gasteiger partial charge on any atom is -0.487 e. The van der Waals surface area contributed by atoms with Gasteiger partial charge in [0.15, 0.2) is 0 Å². The summed E-state index contributed by atoms with van der Waals surface area (Å²) in [6.45, 7) is 2.44. The Morgan fingerprint density at radius 1 is 0.970 bits per heavy atom. The fourth-order valence-electron chi connectivity index (χ4n) is 3.29. The second-order valence-electron chi connectivity index (χ2n) is 7.59. The molecule has 3 aromatic carbocycles. The van der Waals surface area contributed by atoms with Crippen molar-refractivity contribution in [1.82, 2.24) is 10.2 Å². The fourth-order valence-corrected chi connectivity index (χ4v) is 4.75. The number of rotatable bonds is 6. The second kappa shape index (κ2) is 9.89. The summed E-state index contributed by atoms with van der Waals surface area (Å²) in [5.74, 6) is -0.113. The Balaban J connectivity index is 1.49. The average Bonchev–Trinajstić information content (AvgIpc) is 3.03. The molecule has 4 rings (SSSR count). The fraction of sp³-hybridized carbons (Fsp3) is 0.120. The van der Waals surface area contributed by atoms with Crippen LogP contribution in [-0.4, -0.2) is 16.8 Å². The van der Waals surface area contributed by atoms with Crippen molar-refractivity contribution in [2.24, 2.45) is 0 Å². The number of ether oxygens (including phenoxy) is 1. The van der Waals surface area contributed by atoms with E-state index in [1.54, 1.807) is 30.3 Å². The first-order chi connectivity index (χ1) is 15.8. The molecule has 0 spiro atoms. The van der Waals surface area contributed by atoms with Gasteiger partial charge in [-0.15, -0.1) is 0 Å². The van der Waals surface area contributed by atoms with Crippen LogP contribution in [0.4, 0.5) is 9.18 Å². The minimum absolute atomic E-state index is 0.200. The van der Waals surface area contributed by atoms with Crippen molar-refractivity contribution in [1.29, 1.82) is 0 Å². The summed E-state index contributed by atoms with van der Waals surface area (Å²) in [4.78, 5) is 26.4. The van der Waals surface area contributed by atoms with Crippen molar-refractivity contribution < 1.29 is 18.7 Å². The smallest absolute Gasteiger partial charge is 0.329 e. The number of imide groups is 1. The highest BCUT2D eigenvalue weighted by Crippen LogP contribution is 2.36. The Bertz CT molecular complexity index is 1220. The zero-order chi connectivity index (χ0) is 23.5. The molecule has 0 atom stereocenters. The summed E-state index contributed by atoms with van der Waals surface area (Å²) in [6.07, 6.45) is 1.62. The molecule has 8 heteroatoms. The number of amides is 3. The lowest BCUT2D eigenvalue weighted by Crippen LogP contribution is -2.30. The molecule has 3 amide bonds. The molecule has 0 saturated carbocycles. The first-order valence-electron chi connectivity index (χ1n) is 10.1. The molecule has 5 nitrogen and oxygen atoms in total. The van der Waals surface area contributed by atoms with Gasteiger partial charge in [-0.1, -0.05) is 42.0 Å². The average molecular weight is 574 g/mol. The molecule has 1 N–H and O–H groups in total. The van der Waals surface area contributed by atoms with Crippen molar-refractivity contribution in [3.05, 3.63) is 103 Å². The molecular weight excluding hydrogens is 555 g/mol. The van der Waals surface area contributed by atoms with Gasteiger partial charge >= 0.3 is 6.03 Å². The maximum atomic E-state index is 13.1. The van der Waals surface area contributed by atoms with Crippen LogP contribution in [0.5, 0.6) is 5.75 Å². The van der Waals surface area contributed by atoms with Crippen molar-refractivity contribution in [3.8, 4) is 5.75 Å². The predicted octanol–water partition coefficient (Wildman–Crippen LogP) is 6.33. The Morgan fingerprint density at radius 3 is 2.21 bits per heavy atom. The number of aryl methyl sites for hydroxylation is 1. The SMILES string of the molecule is Cc1ccc(CN2C(=O)N/C(=C/c3cc(Br)c(OCc4ccc(F)cc4)c(Br)c3)C2=O)cc1. The number of hydrogen-bond donors (Lipinski definition) is 1. The van der Waals surface area contributed by atoms with Crippen molar-refractivity contribution in [2.75, 3.05) is 0 Å². The lowest BCUT2D eigenvalue weighted by Gasteiger charge is -2.12. The monoisotopic (exact) mass is 572 g/mol. The Kier molecular flexibility index (Phi) is 6.95. The number of carbonyl (C=O) groups excluding carboxylic acids is 2. The molecule has 1 aliphatic rings. The first-order valence-corrected chi connectivity index (χ1v) is 11.6. The van der Waals surface area contributed by atoms with Crippen LogP contribution in [0.25, 0.3) is 6.08 Å². The summed E-state index contributed by atoms with van der Waals surface area (Å²) < 4.78 is 20.3. The molecule has 3 aromatic rings. The number of carbonyl (C=O) groups is 2. The standard InChI is InChI=1S/C25H19Br2FN2O3/c1-15-2-4-16(5-3-15)13-30-24(31)22(29-25(30)32)12-18-10-20(26)23(21(27)11-18)33-14-17-6-8-19(28)9-7-17/h2-12H,13-14H2,1H3,(H,29,32)/b22-12+. The third-order valence-electron chi connectivity index (χ3n) is 5.05. The van der Waals surface area contributed by atoms with E-state index >= 15 is 0 Å². The van der Waals surface area contributed by atoms with Crippen LogP contribution in [0.2, 0.25) is 0 Å². The molecule has 33 heavy (non-hydrogen) atoms. The van der Waals surface area contributed by atoms with E-state index in [0.29, 0.717) is 20.3 Å². The zero-order valence-corrected chi connectivity index (χ0v) is 20.7. The molecule has 1 aliphatic heterocycles. The topological polar surface area (TPSA) is 58.6 Å². The van der Waals surface area contributed by atoms with E-state index in [2.05, 4.69) is 37.2 Å². The third kappa shape index (κ3) is 5.51. The summed E-state index contributed by atoms with van der Waals surface area (Å²) >= 11 is 6.99. The maximum absolute atomic E-state index is 13.1. The van der Waals surface area contributed by atoms with E-state index in [1.165, 1.54) is 17.0 Å². The number of benzene rings is 3. The summed E-state index contributed by atoms with van der Waals surface area (Å²) in [6, 6.07) is 16.9. The van der Waals surface area contributed by atoms with Gasteiger partial charge in [0.05, 0.1) is 15.5 Å². The molecule has 0 aliphatic carbocycles. The number of hydrogen-bond acceptors (Lipinski definition) is 3. The maximum Gasteiger partial charge on any atom is 0.329 e. The van der Waals surface area contributed by atoms with Gasteiger partial charge < -0.3 is 10.1 Å². The number of nitrogens with zero attached hydrogens (tertiary/aromatic N) is 1. The quantitative estimate of drug-likeness (QED) is 0.277. The largest absolute Gasteiger partial charge is 0.487 e. The van der Waals surface area contributed by atoms with Crippen LogP contribution in [0, 0.1) is 12.7 Å². The number of urea groups is 1. The highest BCUT2D eigenvalue weighted by Gasteiger charge is 2.33. The van der Waals surface area contributed by atoms with Crippen molar-refractivity contribution in [3.63, 3.8) is 0 Å². The predicted molar refractivity (Wildman–Crippen MR) is 131 cm³/mol. The highest BCUT2D eigenvalue weighted by atomic mass is 79.9. The molecule has 0 aromatic heterocycles. The van der Waals surface area contributed by atoms with Crippen LogP contribution in [0.1, 0.15) is 22.3 Å². The molecule has 1 fully saturated rings. The lowest BCUT2D eigenvalue weighted by molar-refractivity contribution is -0.123. The van der Waals surface area contributed by atoms with Gasteiger partial charge in [-0.2, -0.15) is 0 Å². The Hall–Kier alpha value is -2.97. The van der Waals surface area contributed by atoms with E-state index in [0.717, 1.165) is 16.7 Å². The van der Waals surface area contributed by atoms with E-state index in [9.17, 15) is 14.0 Å². The van der Waals surface area contributed by atoms with Gasteiger partial charge in [-0.05, 0) is 85.8 Å². The summed E-state index contributed by atoms with van der Waals surface area (Å²) in [7, 11) is 0. The van der Waals surface area contributed by atoms with Gasteiger partial charge in [0.2, 0.25) is 0 Å². The molecule has 0 radical (unpaired) electrons. The minimum atomic E-state index is -0.454. The Morgan fingerprint density at radius 2 is 1.58 bits per heavy atom. The molecule has 0 unspecified atom stereocenters. The van der Waals surface area contributed by atoms with Gasteiger partial charge in [-0.25, -0.2) is 9.18 Å². The van der Waals surface area contributed by atoms with E-state index in [-0.39, 0.29) is 30.6 Å². The third-order valence-corrected chi connectivity index (χ3v) is 6.23. The summed E-state index contributed by atoms with van der Waals surface area (Å²) in [5, 5.41) is 2.64. The first kappa shape index (κ1) is 23.2. The zero-order valence-electron chi connectivity index (χ0n) is 17.6. The van der Waals surface area contributed by atoms with Gasteiger partial charge in [-0.3, -0.25) is 9.69 Å². The van der Waals surface area contributed by atoms with Gasteiger partial charge in [0, 0.05) is 0 Å². The van der Waals surface area contributed by atoms with E-state index < -0.39 is 6.03 Å². The van der Waals surface area contributed by atoms with Crippen LogP contribution >= 0.6 is 31.9 Å². The molecular formula is C25H19Br2FN2O3. The molecule has 168 valence electrons. The van der Waals surface area contributed by atoms with Gasteiger partial charge in [0.25, 0.3) is 5.91 Å². The van der Waals surface area contributed by atoms with Crippen LogP contribution in [0.3, 0.4) is 0 Å². The van der Waals surface area contributed by atoms with Gasteiger partial charge in [0.1, 0.15) is 23.9 Å². The number of nitrogens with one attached hydrogen (secondary N) is 1. The van der Waals surface area contributed by atoms with Crippen molar-refractivity contribution in [2.45, 2.75) is 20.1 Å². The normalized spacial score (nSPS) is 14.7. The molecule has 0 bridgehead atoms. The number of halogens is 3. The summed E-state index contributed by atoms with van der Waals surface area (Å²) in [5.41, 5.74) is 3.71.